The van der Waals surface area contributed by atoms with E-state index < -0.39 is 0 Å². The molecule has 1 atom stereocenters. The highest BCUT2D eigenvalue weighted by Gasteiger charge is 2.23. The van der Waals surface area contributed by atoms with Crippen molar-refractivity contribution in [3.63, 3.8) is 0 Å². The maximum Gasteiger partial charge on any atom is 0.193 e. The van der Waals surface area contributed by atoms with E-state index in [-0.39, 0.29) is 0 Å². The van der Waals surface area contributed by atoms with Crippen LogP contribution in [0.15, 0.2) is 9.52 Å². The molecule has 0 aromatic carbocycles. The quantitative estimate of drug-likeness (QED) is 0.606. The number of hydrogen-bond donors (Lipinski definition) is 1. The number of nitrogens with zero attached hydrogens (tertiary/aromatic N) is 3. The van der Waals surface area contributed by atoms with Gasteiger partial charge in [0.05, 0.1) is 24.5 Å². The van der Waals surface area contributed by atoms with Crippen molar-refractivity contribution in [1.82, 2.24) is 15.4 Å². The van der Waals surface area contributed by atoms with Crippen LogP contribution >= 0.6 is 0 Å². The van der Waals surface area contributed by atoms with Crippen molar-refractivity contribution < 1.29 is 14.0 Å². The summed E-state index contributed by atoms with van der Waals surface area (Å²) in [5, 5.41) is 7.49. The first kappa shape index (κ1) is 20.1. The summed E-state index contributed by atoms with van der Waals surface area (Å²) >= 11 is 0. The molecule has 1 aromatic rings. The van der Waals surface area contributed by atoms with Gasteiger partial charge in [-0.15, -0.1) is 0 Å². The molecular formula is C20H34N4O3. The lowest BCUT2D eigenvalue weighted by molar-refractivity contribution is -0.0721. The summed E-state index contributed by atoms with van der Waals surface area (Å²) < 4.78 is 17.1. The van der Waals surface area contributed by atoms with Crippen molar-refractivity contribution in [1.29, 1.82) is 0 Å². The Morgan fingerprint density at radius 1 is 1.26 bits per heavy atom. The van der Waals surface area contributed by atoms with Crippen LogP contribution in [0.3, 0.4) is 0 Å². The first-order valence-electron chi connectivity index (χ1n) is 10.3. The number of rotatable bonds is 6. The van der Waals surface area contributed by atoms with Gasteiger partial charge in [-0.3, -0.25) is 4.99 Å². The number of aliphatic imine (C=N–C) groups is 1. The third-order valence-electron chi connectivity index (χ3n) is 5.58. The first-order valence-corrected chi connectivity index (χ1v) is 10.3. The third-order valence-corrected chi connectivity index (χ3v) is 5.58. The van der Waals surface area contributed by atoms with E-state index in [1.54, 1.807) is 0 Å². The van der Waals surface area contributed by atoms with Crippen molar-refractivity contribution in [3.8, 4) is 0 Å². The average Bonchev–Trinajstić information content (AvgIpc) is 3.03. The van der Waals surface area contributed by atoms with Crippen LogP contribution in [0.2, 0.25) is 0 Å². The molecule has 0 saturated carbocycles. The normalized spacial score (nSPS) is 22.3. The van der Waals surface area contributed by atoms with Gasteiger partial charge in [0, 0.05) is 38.9 Å². The van der Waals surface area contributed by atoms with Gasteiger partial charge in [0.1, 0.15) is 5.76 Å². The zero-order valence-corrected chi connectivity index (χ0v) is 17.0. The van der Waals surface area contributed by atoms with Crippen LogP contribution in [0.4, 0.5) is 0 Å². The molecule has 0 radical (unpaired) electrons. The Morgan fingerprint density at radius 3 is 2.70 bits per heavy atom. The topological polar surface area (TPSA) is 72.1 Å². The lowest BCUT2D eigenvalue weighted by Gasteiger charge is -2.35. The van der Waals surface area contributed by atoms with Crippen molar-refractivity contribution in [2.45, 2.75) is 64.6 Å². The SMILES string of the molecule is CN=C(NCCc1c(C)noc1C)N1CCC(OCC2CCCCO2)CC1. The van der Waals surface area contributed by atoms with Crippen LogP contribution in [-0.2, 0) is 15.9 Å². The molecule has 1 aromatic heterocycles. The number of ether oxygens (including phenoxy) is 2. The van der Waals surface area contributed by atoms with Crippen LogP contribution < -0.4 is 5.32 Å². The number of piperidine rings is 1. The summed E-state index contributed by atoms with van der Waals surface area (Å²) in [4.78, 5) is 6.78. The van der Waals surface area contributed by atoms with E-state index in [1.165, 1.54) is 18.4 Å². The number of aryl methyl sites for hydroxylation is 2. The van der Waals surface area contributed by atoms with Crippen molar-refractivity contribution in [3.05, 3.63) is 17.0 Å². The molecule has 3 rings (SSSR count). The Kier molecular flexibility index (Phi) is 7.52. The fourth-order valence-electron chi connectivity index (χ4n) is 3.91. The number of likely N-dealkylation sites (tertiary alicyclic amines) is 1. The average molecular weight is 379 g/mol. The highest BCUT2D eigenvalue weighted by molar-refractivity contribution is 5.80. The number of hydrogen-bond acceptors (Lipinski definition) is 5. The minimum Gasteiger partial charge on any atom is -0.376 e. The van der Waals surface area contributed by atoms with Crippen molar-refractivity contribution in [2.24, 2.45) is 4.99 Å². The van der Waals surface area contributed by atoms with Gasteiger partial charge in [-0.05, 0) is 52.4 Å². The Labute approximate surface area is 162 Å². The third kappa shape index (κ3) is 5.69. The summed E-state index contributed by atoms with van der Waals surface area (Å²) in [5.74, 6) is 1.88. The molecule has 2 saturated heterocycles. The molecule has 1 N–H and O–H groups in total. The summed E-state index contributed by atoms with van der Waals surface area (Å²) in [6.07, 6.45) is 7.21. The molecule has 0 spiro atoms. The Hall–Kier alpha value is -1.60. The molecule has 7 heteroatoms. The van der Waals surface area contributed by atoms with Gasteiger partial charge in [-0.2, -0.15) is 0 Å². The molecule has 3 heterocycles. The standard InChI is InChI=1S/C20H34N4O3/c1-15-19(16(2)27-23-15)7-10-22-20(21-3)24-11-8-17(9-12-24)26-14-18-6-4-5-13-25-18/h17-18H,4-14H2,1-3H3,(H,21,22). The second kappa shape index (κ2) is 10.1. The second-order valence-corrected chi connectivity index (χ2v) is 7.54. The lowest BCUT2D eigenvalue weighted by Crippen LogP contribution is -2.47. The molecule has 27 heavy (non-hydrogen) atoms. The van der Waals surface area contributed by atoms with Crippen LogP contribution in [0.25, 0.3) is 0 Å². The summed E-state index contributed by atoms with van der Waals surface area (Å²) in [6.45, 7) is 8.36. The molecule has 0 aliphatic carbocycles. The van der Waals surface area contributed by atoms with Crippen LogP contribution in [0.1, 0.15) is 49.1 Å². The molecule has 2 aliphatic rings. The predicted molar refractivity (Wildman–Crippen MR) is 105 cm³/mol. The fourth-order valence-corrected chi connectivity index (χ4v) is 3.91. The molecule has 0 amide bonds. The van der Waals surface area contributed by atoms with E-state index >= 15 is 0 Å². The minimum absolute atomic E-state index is 0.301. The molecular weight excluding hydrogens is 344 g/mol. The highest BCUT2D eigenvalue weighted by Crippen LogP contribution is 2.18. The summed E-state index contributed by atoms with van der Waals surface area (Å²) in [5.41, 5.74) is 2.17. The Bertz CT molecular complexity index is 583. The Morgan fingerprint density at radius 2 is 2.07 bits per heavy atom. The zero-order valence-electron chi connectivity index (χ0n) is 17.0. The molecule has 2 fully saturated rings. The number of nitrogens with one attached hydrogen (secondary N) is 1. The molecule has 152 valence electrons. The first-order chi connectivity index (χ1) is 13.2. The highest BCUT2D eigenvalue weighted by atomic mass is 16.5. The molecule has 2 aliphatic heterocycles. The molecule has 0 bridgehead atoms. The van der Waals surface area contributed by atoms with Gasteiger partial charge < -0.3 is 24.2 Å². The fraction of sp³-hybridized carbons (Fsp3) is 0.800. The van der Waals surface area contributed by atoms with Crippen molar-refractivity contribution >= 4 is 5.96 Å². The van der Waals surface area contributed by atoms with Gasteiger partial charge in [-0.1, -0.05) is 5.16 Å². The van der Waals surface area contributed by atoms with Crippen LogP contribution in [0.5, 0.6) is 0 Å². The monoisotopic (exact) mass is 378 g/mol. The molecule has 1 unspecified atom stereocenters. The zero-order chi connectivity index (χ0) is 19.1. The lowest BCUT2D eigenvalue weighted by atomic mass is 10.1. The van der Waals surface area contributed by atoms with Gasteiger partial charge >= 0.3 is 0 Å². The van der Waals surface area contributed by atoms with Crippen LogP contribution in [-0.4, -0.2) is 68.1 Å². The van der Waals surface area contributed by atoms with E-state index in [0.717, 1.165) is 75.9 Å². The number of guanidine groups is 1. The smallest absolute Gasteiger partial charge is 0.193 e. The van der Waals surface area contributed by atoms with E-state index in [9.17, 15) is 0 Å². The van der Waals surface area contributed by atoms with Gasteiger partial charge in [0.15, 0.2) is 5.96 Å². The van der Waals surface area contributed by atoms with Gasteiger partial charge in [0.2, 0.25) is 0 Å². The van der Waals surface area contributed by atoms with Crippen molar-refractivity contribution in [2.75, 3.05) is 39.9 Å². The van der Waals surface area contributed by atoms with E-state index in [1.807, 2.05) is 20.9 Å². The van der Waals surface area contributed by atoms with E-state index in [0.29, 0.717) is 12.2 Å². The van der Waals surface area contributed by atoms with E-state index in [2.05, 4.69) is 20.4 Å². The second-order valence-electron chi connectivity index (χ2n) is 7.54. The van der Waals surface area contributed by atoms with Gasteiger partial charge in [-0.25, -0.2) is 0 Å². The number of aromatic nitrogens is 1. The molecule has 7 nitrogen and oxygen atoms in total. The largest absolute Gasteiger partial charge is 0.376 e. The summed E-state index contributed by atoms with van der Waals surface area (Å²) in [6, 6.07) is 0. The maximum atomic E-state index is 6.11. The summed E-state index contributed by atoms with van der Waals surface area (Å²) in [7, 11) is 1.85. The predicted octanol–water partition coefficient (Wildman–Crippen LogP) is 2.46. The maximum absolute atomic E-state index is 6.11. The van der Waals surface area contributed by atoms with E-state index in [4.69, 9.17) is 14.0 Å². The minimum atomic E-state index is 0.301. The van der Waals surface area contributed by atoms with Crippen LogP contribution in [0, 0.1) is 13.8 Å². The Balaban J connectivity index is 1.37. The van der Waals surface area contributed by atoms with Gasteiger partial charge in [0.25, 0.3) is 0 Å².